The van der Waals surface area contributed by atoms with Crippen LogP contribution in [-0.2, 0) is 4.79 Å². The number of carbonyl (C=O) groups excluding carboxylic acids is 2. The second-order valence-electron chi connectivity index (χ2n) is 6.88. The molecule has 1 aliphatic heterocycles. The van der Waals surface area contributed by atoms with E-state index in [0.717, 1.165) is 11.4 Å². The number of rotatable bonds is 6. The van der Waals surface area contributed by atoms with E-state index in [-0.39, 0.29) is 17.4 Å². The molecule has 0 bridgehead atoms. The summed E-state index contributed by atoms with van der Waals surface area (Å²) in [6.07, 6.45) is 5.51. The Balaban J connectivity index is 1.53. The van der Waals surface area contributed by atoms with Crippen LogP contribution in [-0.4, -0.2) is 46.9 Å². The Morgan fingerprint density at radius 1 is 1.19 bits per heavy atom. The van der Waals surface area contributed by atoms with Gasteiger partial charge in [-0.15, -0.1) is 0 Å². The van der Waals surface area contributed by atoms with Crippen LogP contribution in [0.2, 0.25) is 0 Å². The summed E-state index contributed by atoms with van der Waals surface area (Å²) in [6, 6.07) is 3.90. The van der Waals surface area contributed by atoms with Crippen LogP contribution in [0, 0.1) is 5.92 Å². The lowest BCUT2D eigenvalue weighted by Crippen LogP contribution is -2.53. The van der Waals surface area contributed by atoms with Crippen molar-refractivity contribution in [3.63, 3.8) is 0 Å². The van der Waals surface area contributed by atoms with Gasteiger partial charge in [0.2, 0.25) is 11.9 Å². The molecule has 0 spiro atoms. The molecular formula is C18H21N7O2. The van der Waals surface area contributed by atoms with Crippen LogP contribution in [0.1, 0.15) is 34.8 Å². The fraction of sp³-hybridized carbons (Fsp3) is 0.389. The zero-order valence-corrected chi connectivity index (χ0v) is 15.0. The number of carbonyl (C=O) groups is 2. The van der Waals surface area contributed by atoms with Crippen LogP contribution in [0.15, 0.2) is 24.5 Å². The maximum atomic E-state index is 11.7. The Morgan fingerprint density at radius 3 is 2.56 bits per heavy atom. The third-order valence-electron chi connectivity index (χ3n) is 4.87. The first kappa shape index (κ1) is 17.2. The first-order valence-electron chi connectivity index (χ1n) is 8.91. The van der Waals surface area contributed by atoms with Crippen LogP contribution in [0.4, 0.5) is 17.5 Å². The average Bonchev–Trinajstić information content (AvgIpc) is 3.46. The summed E-state index contributed by atoms with van der Waals surface area (Å²) in [7, 11) is 1.62. The lowest BCUT2D eigenvalue weighted by molar-refractivity contribution is -0.125. The van der Waals surface area contributed by atoms with Crippen molar-refractivity contribution < 1.29 is 9.59 Å². The predicted molar refractivity (Wildman–Crippen MR) is 99.8 cm³/mol. The molecule has 1 aliphatic carbocycles. The number of pyridine rings is 1. The van der Waals surface area contributed by atoms with Crippen LogP contribution >= 0.6 is 0 Å². The Hall–Kier alpha value is -3.23. The van der Waals surface area contributed by atoms with E-state index >= 15 is 0 Å². The van der Waals surface area contributed by atoms with Gasteiger partial charge in [0.15, 0.2) is 0 Å². The summed E-state index contributed by atoms with van der Waals surface area (Å²) in [6.45, 7) is 1.07. The van der Waals surface area contributed by atoms with Crippen molar-refractivity contribution in [3.8, 4) is 0 Å². The first-order valence-corrected chi connectivity index (χ1v) is 8.91. The van der Waals surface area contributed by atoms with Gasteiger partial charge >= 0.3 is 0 Å². The van der Waals surface area contributed by atoms with Crippen molar-refractivity contribution in [2.75, 3.05) is 30.4 Å². The van der Waals surface area contributed by atoms with E-state index in [0.29, 0.717) is 30.8 Å². The smallest absolute Gasteiger partial charge is 0.254 e. The monoisotopic (exact) mass is 367 g/mol. The third-order valence-corrected chi connectivity index (χ3v) is 4.87. The van der Waals surface area contributed by atoms with Gasteiger partial charge in [-0.05, 0) is 25.0 Å². The maximum absolute atomic E-state index is 11.7. The van der Waals surface area contributed by atoms with Gasteiger partial charge in [-0.3, -0.25) is 14.6 Å². The van der Waals surface area contributed by atoms with E-state index in [1.54, 1.807) is 13.2 Å². The van der Waals surface area contributed by atoms with Crippen LogP contribution in [0.3, 0.4) is 0 Å². The predicted octanol–water partition coefficient (Wildman–Crippen LogP) is 0.774. The largest absolute Gasteiger partial charge is 0.365 e. The number of amides is 2. The van der Waals surface area contributed by atoms with Gasteiger partial charge in [-0.25, -0.2) is 4.98 Å². The van der Waals surface area contributed by atoms with Crippen LogP contribution in [0.25, 0.3) is 0 Å². The van der Waals surface area contributed by atoms with Crippen molar-refractivity contribution >= 4 is 29.3 Å². The molecule has 0 aromatic carbocycles. The summed E-state index contributed by atoms with van der Waals surface area (Å²) in [4.78, 5) is 38.4. The van der Waals surface area contributed by atoms with E-state index in [1.807, 2.05) is 17.0 Å². The van der Waals surface area contributed by atoms with Gasteiger partial charge in [0.1, 0.15) is 11.4 Å². The van der Waals surface area contributed by atoms with Crippen molar-refractivity contribution in [2.24, 2.45) is 11.7 Å². The van der Waals surface area contributed by atoms with Crippen molar-refractivity contribution in [3.05, 3.63) is 35.8 Å². The summed E-state index contributed by atoms with van der Waals surface area (Å²) in [5.74, 6) is 0.663. The number of anilines is 3. The standard InChI is InChI=1S/C18H21N7O2/c1-20-17(27)11-8-25(9-11)18-22-7-13(15(19)26)16(24-18)23-12-4-5-14(21-6-12)10-2-3-10/h4-7,10-11H,2-3,8-9H2,1H3,(H2,19,26)(H,20,27)(H,22,23,24). The molecule has 4 rings (SSSR count). The number of primary amides is 1. The minimum absolute atomic E-state index is 0.000168. The van der Waals surface area contributed by atoms with Gasteiger partial charge < -0.3 is 21.3 Å². The summed E-state index contributed by atoms with van der Waals surface area (Å²) in [5, 5.41) is 5.75. The molecule has 0 radical (unpaired) electrons. The van der Waals surface area contributed by atoms with Gasteiger partial charge in [-0.1, -0.05) is 0 Å². The molecule has 2 aromatic heterocycles. The van der Waals surface area contributed by atoms with Crippen molar-refractivity contribution in [1.29, 1.82) is 0 Å². The number of nitrogens with two attached hydrogens (primary N) is 1. The van der Waals surface area contributed by atoms with Crippen molar-refractivity contribution in [2.45, 2.75) is 18.8 Å². The van der Waals surface area contributed by atoms with Gasteiger partial charge in [-0.2, -0.15) is 4.98 Å². The Kier molecular flexibility index (Phi) is 4.35. The minimum atomic E-state index is -0.613. The van der Waals surface area contributed by atoms with E-state index in [9.17, 15) is 9.59 Å². The van der Waals surface area contributed by atoms with Gasteiger partial charge in [0, 0.05) is 37.9 Å². The fourth-order valence-electron chi connectivity index (χ4n) is 3.05. The average molecular weight is 367 g/mol. The molecule has 1 saturated carbocycles. The Labute approximate surface area is 156 Å². The van der Waals surface area contributed by atoms with Crippen LogP contribution < -0.4 is 21.3 Å². The molecule has 0 atom stereocenters. The SMILES string of the molecule is CNC(=O)C1CN(c2ncc(C(N)=O)c(Nc3ccc(C4CC4)nc3)n2)C1. The molecule has 1 saturated heterocycles. The first-order chi connectivity index (χ1) is 13.0. The van der Waals surface area contributed by atoms with E-state index < -0.39 is 5.91 Å². The second kappa shape index (κ2) is 6.82. The number of aromatic nitrogens is 3. The molecule has 3 heterocycles. The lowest BCUT2D eigenvalue weighted by Gasteiger charge is -2.38. The molecular weight excluding hydrogens is 346 g/mol. The van der Waals surface area contributed by atoms with E-state index in [1.165, 1.54) is 19.0 Å². The number of nitrogens with zero attached hydrogens (tertiary/aromatic N) is 4. The quantitative estimate of drug-likeness (QED) is 0.688. The highest BCUT2D eigenvalue weighted by Crippen LogP contribution is 2.39. The molecule has 4 N–H and O–H groups in total. The molecule has 2 amide bonds. The van der Waals surface area contributed by atoms with Crippen molar-refractivity contribution in [1.82, 2.24) is 20.3 Å². The molecule has 2 aromatic rings. The summed E-state index contributed by atoms with van der Waals surface area (Å²) in [5.41, 5.74) is 7.46. The molecule has 9 heteroatoms. The highest BCUT2D eigenvalue weighted by Gasteiger charge is 2.34. The maximum Gasteiger partial charge on any atom is 0.254 e. The lowest BCUT2D eigenvalue weighted by atomic mass is 10.00. The highest BCUT2D eigenvalue weighted by molar-refractivity contribution is 5.98. The zero-order chi connectivity index (χ0) is 19.0. The molecule has 2 aliphatic rings. The fourth-order valence-corrected chi connectivity index (χ4v) is 3.05. The molecule has 0 unspecified atom stereocenters. The molecule has 140 valence electrons. The summed E-state index contributed by atoms with van der Waals surface area (Å²) < 4.78 is 0. The zero-order valence-electron chi connectivity index (χ0n) is 15.0. The molecule has 2 fully saturated rings. The van der Waals surface area contributed by atoms with E-state index in [4.69, 9.17) is 5.73 Å². The Bertz CT molecular complexity index is 874. The van der Waals surface area contributed by atoms with E-state index in [2.05, 4.69) is 25.6 Å². The second-order valence-corrected chi connectivity index (χ2v) is 6.88. The van der Waals surface area contributed by atoms with Crippen LogP contribution in [0.5, 0.6) is 0 Å². The number of nitrogens with one attached hydrogen (secondary N) is 2. The topological polar surface area (TPSA) is 126 Å². The minimum Gasteiger partial charge on any atom is -0.365 e. The third kappa shape index (κ3) is 3.53. The number of hydrogen-bond donors (Lipinski definition) is 3. The highest BCUT2D eigenvalue weighted by atomic mass is 16.2. The van der Waals surface area contributed by atoms with Gasteiger partial charge in [0.05, 0.1) is 17.8 Å². The Morgan fingerprint density at radius 2 is 1.96 bits per heavy atom. The molecule has 9 nitrogen and oxygen atoms in total. The summed E-state index contributed by atoms with van der Waals surface area (Å²) >= 11 is 0. The molecule has 27 heavy (non-hydrogen) atoms. The normalized spacial score (nSPS) is 16.6. The number of hydrogen-bond acceptors (Lipinski definition) is 7. The van der Waals surface area contributed by atoms with Gasteiger partial charge in [0.25, 0.3) is 5.91 Å².